The summed E-state index contributed by atoms with van der Waals surface area (Å²) in [6, 6.07) is 14.6. The Labute approximate surface area is 196 Å². The molecular formula is C26H31NO5Si. The van der Waals surface area contributed by atoms with Crippen LogP contribution < -0.4 is 9.47 Å². The number of benzene rings is 2. The molecule has 1 amide bonds. The number of rotatable bonds is 5. The highest BCUT2D eigenvalue weighted by Crippen LogP contribution is 2.43. The first-order chi connectivity index (χ1) is 15.6. The molecule has 4 rings (SSSR count). The first-order valence-corrected chi connectivity index (χ1v) is 14.1. The minimum Gasteiger partial charge on any atom is -0.454 e. The van der Waals surface area contributed by atoms with Crippen LogP contribution in [0.5, 0.6) is 11.5 Å². The SMILES string of the molecule is CC(C)(C)[Si](C)(C)O[C@H]1C(=O)C=CN(C(=O)Cc2ccccc2)[C@@H]1c1ccc2c(c1)OCO2. The summed E-state index contributed by atoms with van der Waals surface area (Å²) in [4.78, 5) is 28.3. The Kier molecular flexibility index (Phi) is 6.20. The van der Waals surface area contributed by atoms with Gasteiger partial charge in [0.25, 0.3) is 0 Å². The number of ketones is 1. The number of hydrogen-bond acceptors (Lipinski definition) is 5. The summed E-state index contributed by atoms with van der Waals surface area (Å²) in [5.41, 5.74) is 1.70. The van der Waals surface area contributed by atoms with E-state index in [4.69, 9.17) is 13.9 Å². The van der Waals surface area contributed by atoms with E-state index in [1.165, 1.54) is 6.08 Å². The van der Waals surface area contributed by atoms with Crippen LogP contribution in [0.2, 0.25) is 18.1 Å². The number of fused-ring (bicyclic) bond motifs is 1. The van der Waals surface area contributed by atoms with E-state index >= 15 is 0 Å². The molecule has 33 heavy (non-hydrogen) atoms. The highest BCUT2D eigenvalue weighted by Gasteiger charge is 2.46. The standard InChI is InChI=1S/C26H31NO5Si/c1-26(2,3)33(4,5)32-25-20(28)13-14-27(23(29)15-18-9-7-6-8-10-18)24(25)19-11-12-21-22(16-19)31-17-30-21/h6-14,16,24-25H,15,17H2,1-5H3/t24-,25+/m1/s1. The lowest BCUT2D eigenvalue weighted by atomic mass is 9.93. The van der Waals surface area contributed by atoms with Crippen LogP contribution in [-0.2, 0) is 20.4 Å². The second-order valence-electron chi connectivity index (χ2n) is 10.0. The second-order valence-corrected chi connectivity index (χ2v) is 14.8. The van der Waals surface area contributed by atoms with Crippen molar-refractivity contribution < 1.29 is 23.5 Å². The fourth-order valence-electron chi connectivity index (χ4n) is 3.79. The first-order valence-electron chi connectivity index (χ1n) is 11.2. The predicted molar refractivity (Wildman–Crippen MR) is 129 cm³/mol. The van der Waals surface area contributed by atoms with Gasteiger partial charge in [-0.15, -0.1) is 0 Å². The van der Waals surface area contributed by atoms with Gasteiger partial charge in [0.1, 0.15) is 6.10 Å². The van der Waals surface area contributed by atoms with Gasteiger partial charge < -0.3 is 18.8 Å². The van der Waals surface area contributed by atoms with E-state index in [0.29, 0.717) is 11.5 Å². The molecule has 0 fully saturated rings. The molecule has 6 nitrogen and oxygen atoms in total. The Morgan fingerprint density at radius 3 is 2.48 bits per heavy atom. The largest absolute Gasteiger partial charge is 0.454 e. The summed E-state index contributed by atoms with van der Waals surface area (Å²) in [5.74, 6) is 1.03. The average Bonchev–Trinajstić information content (AvgIpc) is 3.22. The number of nitrogens with zero attached hydrogens (tertiary/aromatic N) is 1. The summed E-state index contributed by atoms with van der Waals surface area (Å²) in [5, 5.41) is -0.0905. The molecule has 2 aliphatic rings. The Hall–Kier alpha value is -2.90. The molecule has 2 heterocycles. The van der Waals surface area contributed by atoms with Crippen LogP contribution in [0, 0.1) is 0 Å². The number of carbonyl (C=O) groups excluding carboxylic acids is 2. The van der Waals surface area contributed by atoms with Gasteiger partial charge in [-0.25, -0.2) is 0 Å². The van der Waals surface area contributed by atoms with Crippen molar-refractivity contribution in [2.75, 3.05) is 6.79 Å². The molecular weight excluding hydrogens is 434 g/mol. The van der Waals surface area contributed by atoms with Crippen molar-refractivity contribution in [3.8, 4) is 11.5 Å². The molecule has 7 heteroatoms. The molecule has 2 aliphatic heterocycles. The van der Waals surface area contributed by atoms with Gasteiger partial charge >= 0.3 is 0 Å². The third-order valence-electron chi connectivity index (χ3n) is 6.72. The van der Waals surface area contributed by atoms with Crippen molar-refractivity contribution in [3.05, 3.63) is 71.9 Å². The summed E-state index contributed by atoms with van der Waals surface area (Å²) < 4.78 is 17.7. The molecule has 0 aromatic heterocycles. The molecule has 0 bridgehead atoms. The molecule has 0 N–H and O–H groups in total. The monoisotopic (exact) mass is 465 g/mol. The fourth-order valence-corrected chi connectivity index (χ4v) is 5.03. The van der Waals surface area contributed by atoms with Crippen LogP contribution in [0.1, 0.15) is 37.9 Å². The molecule has 0 spiro atoms. The number of amides is 1. The predicted octanol–water partition coefficient (Wildman–Crippen LogP) is 5.01. The van der Waals surface area contributed by atoms with Gasteiger partial charge in [0.05, 0.1) is 12.5 Å². The van der Waals surface area contributed by atoms with Crippen LogP contribution in [0.4, 0.5) is 0 Å². The lowest BCUT2D eigenvalue weighted by Crippen LogP contribution is -2.52. The van der Waals surface area contributed by atoms with Crippen LogP contribution in [0.3, 0.4) is 0 Å². The first kappa shape index (κ1) is 23.3. The molecule has 0 aliphatic carbocycles. The molecule has 0 saturated heterocycles. The van der Waals surface area contributed by atoms with Crippen LogP contribution >= 0.6 is 0 Å². The van der Waals surface area contributed by atoms with Crippen molar-refractivity contribution in [2.45, 2.75) is 57.5 Å². The highest BCUT2D eigenvalue weighted by atomic mass is 28.4. The Bertz CT molecular complexity index is 1070. The van der Waals surface area contributed by atoms with Gasteiger partial charge in [-0.1, -0.05) is 57.2 Å². The third-order valence-corrected chi connectivity index (χ3v) is 11.2. The van der Waals surface area contributed by atoms with Gasteiger partial charge in [0.2, 0.25) is 12.7 Å². The summed E-state index contributed by atoms with van der Waals surface area (Å²) in [7, 11) is -2.32. The Balaban J connectivity index is 1.74. The second kappa shape index (κ2) is 8.80. The van der Waals surface area contributed by atoms with Crippen LogP contribution in [-0.4, -0.2) is 37.8 Å². The van der Waals surface area contributed by atoms with E-state index in [9.17, 15) is 9.59 Å². The van der Waals surface area contributed by atoms with Gasteiger partial charge in [-0.05, 0) is 41.4 Å². The zero-order chi connectivity index (χ0) is 23.8. The van der Waals surface area contributed by atoms with E-state index in [1.807, 2.05) is 48.5 Å². The van der Waals surface area contributed by atoms with Crippen molar-refractivity contribution >= 4 is 20.0 Å². The lowest BCUT2D eigenvalue weighted by Gasteiger charge is -2.44. The van der Waals surface area contributed by atoms with Gasteiger partial charge in [-0.3, -0.25) is 9.59 Å². The molecule has 2 aromatic carbocycles. The minimum atomic E-state index is -2.32. The fraction of sp³-hybridized carbons (Fsp3) is 0.385. The maximum Gasteiger partial charge on any atom is 0.231 e. The number of ether oxygens (including phenoxy) is 2. The van der Waals surface area contributed by atoms with Crippen molar-refractivity contribution in [2.24, 2.45) is 0 Å². The average molecular weight is 466 g/mol. The highest BCUT2D eigenvalue weighted by molar-refractivity contribution is 6.74. The van der Waals surface area contributed by atoms with Crippen molar-refractivity contribution in [1.29, 1.82) is 0 Å². The minimum absolute atomic E-state index is 0.0905. The summed E-state index contributed by atoms with van der Waals surface area (Å²) in [6.45, 7) is 10.8. The van der Waals surface area contributed by atoms with Gasteiger partial charge in [0.15, 0.2) is 25.6 Å². The molecule has 2 aromatic rings. The molecule has 2 atom stereocenters. The number of carbonyl (C=O) groups is 2. The molecule has 0 radical (unpaired) electrons. The quantitative estimate of drug-likeness (QED) is 0.581. The zero-order valence-electron chi connectivity index (χ0n) is 19.8. The topological polar surface area (TPSA) is 65.1 Å². The lowest BCUT2D eigenvalue weighted by molar-refractivity contribution is -0.136. The summed E-state index contributed by atoms with van der Waals surface area (Å²) in [6.07, 6.45) is 2.49. The van der Waals surface area contributed by atoms with Gasteiger partial charge in [0, 0.05) is 12.3 Å². The smallest absolute Gasteiger partial charge is 0.231 e. The third kappa shape index (κ3) is 4.75. The summed E-state index contributed by atoms with van der Waals surface area (Å²) >= 11 is 0. The normalized spacial score (nSPS) is 20.3. The van der Waals surface area contributed by atoms with E-state index in [1.54, 1.807) is 11.1 Å². The maximum atomic E-state index is 13.5. The molecule has 174 valence electrons. The maximum absolute atomic E-state index is 13.5. The zero-order valence-corrected chi connectivity index (χ0v) is 20.8. The molecule has 0 saturated carbocycles. The van der Waals surface area contributed by atoms with E-state index in [2.05, 4.69) is 33.9 Å². The van der Waals surface area contributed by atoms with Crippen LogP contribution in [0.25, 0.3) is 0 Å². The van der Waals surface area contributed by atoms with Crippen LogP contribution in [0.15, 0.2) is 60.8 Å². The van der Waals surface area contributed by atoms with Gasteiger partial charge in [-0.2, -0.15) is 0 Å². The van der Waals surface area contributed by atoms with Crippen molar-refractivity contribution in [3.63, 3.8) is 0 Å². The Morgan fingerprint density at radius 2 is 1.79 bits per heavy atom. The molecule has 0 unspecified atom stereocenters. The van der Waals surface area contributed by atoms with E-state index in [0.717, 1.165) is 11.1 Å². The van der Waals surface area contributed by atoms with Crippen molar-refractivity contribution in [1.82, 2.24) is 4.90 Å². The number of hydrogen-bond donors (Lipinski definition) is 0. The Morgan fingerprint density at radius 1 is 1.09 bits per heavy atom. The van der Waals surface area contributed by atoms with E-state index in [-0.39, 0.29) is 29.9 Å². The van der Waals surface area contributed by atoms with E-state index < -0.39 is 20.5 Å².